The predicted molar refractivity (Wildman–Crippen MR) is 61.9 cm³/mol. The number of rotatable bonds is 6. The Morgan fingerprint density at radius 3 is 2.82 bits per heavy atom. The summed E-state index contributed by atoms with van der Waals surface area (Å²) in [5, 5.41) is 19.9. The number of hydrogen-bond donors (Lipinski definition) is 1. The molecule has 94 valence electrons. The topological polar surface area (TPSA) is 81.8 Å². The van der Waals surface area contributed by atoms with Crippen LogP contribution < -0.4 is 9.47 Å². The quantitative estimate of drug-likeness (QED) is 0.478. The molecular formula is C10H12ClNO5. The molecule has 1 N–H and O–H groups in total. The van der Waals surface area contributed by atoms with Gasteiger partial charge in [0.2, 0.25) is 0 Å². The molecule has 1 aromatic carbocycles. The minimum absolute atomic E-state index is 0.0209. The highest BCUT2D eigenvalue weighted by atomic mass is 35.5. The van der Waals surface area contributed by atoms with Crippen LogP contribution in [0.15, 0.2) is 18.2 Å². The number of aliphatic hydroxyl groups is 1. The molecule has 1 aromatic rings. The zero-order valence-corrected chi connectivity index (χ0v) is 9.88. The molecule has 7 heteroatoms. The van der Waals surface area contributed by atoms with Crippen molar-refractivity contribution < 1.29 is 19.5 Å². The number of halogens is 1. The standard InChI is InChI=1S/C10H12ClNO5/c1-16-10-3-2-8(4-9(10)12(14)15)17-6-7(13)5-11/h2-4,7,13H,5-6H2,1H3. The van der Waals surface area contributed by atoms with Crippen molar-refractivity contribution in [1.29, 1.82) is 0 Å². The fourth-order valence-corrected chi connectivity index (χ4v) is 1.23. The van der Waals surface area contributed by atoms with Gasteiger partial charge in [-0.25, -0.2) is 0 Å². The van der Waals surface area contributed by atoms with Gasteiger partial charge in [-0.3, -0.25) is 10.1 Å². The van der Waals surface area contributed by atoms with Gasteiger partial charge in [0.1, 0.15) is 18.5 Å². The van der Waals surface area contributed by atoms with Crippen LogP contribution in [0.2, 0.25) is 0 Å². The van der Waals surface area contributed by atoms with Crippen molar-refractivity contribution in [3.63, 3.8) is 0 Å². The third-order valence-corrected chi connectivity index (χ3v) is 2.32. The molecule has 1 rings (SSSR count). The number of methoxy groups -OCH3 is 1. The van der Waals surface area contributed by atoms with Crippen molar-refractivity contribution in [1.82, 2.24) is 0 Å². The molecule has 0 aromatic heterocycles. The number of benzene rings is 1. The number of nitrogens with zero attached hydrogens (tertiary/aromatic N) is 1. The minimum atomic E-state index is -0.808. The van der Waals surface area contributed by atoms with Crippen LogP contribution in [-0.4, -0.2) is 35.7 Å². The van der Waals surface area contributed by atoms with Crippen LogP contribution in [-0.2, 0) is 0 Å². The van der Waals surface area contributed by atoms with Gasteiger partial charge in [-0.15, -0.1) is 11.6 Å². The van der Waals surface area contributed by atoms with Crippen molar-refractivity contribution >= 4 is 17.3 Å². The van der Waals surface area contributed by atoms with E-state index in [0.29, 0.717) is 0 Å². The Labute approximate surface area is 103 Å². The molecule has 0 amide bonds. The molecule has 6 nitrogen and oxygen atoms in total. The number of ether oxygens (including phenoxy) is 2. The fraction of sp³-hybridized carbons (Fsp3) is 0.400. The zero-order valence-electron chi connectivity index (χ0n) is 9.13. The van der Waals surface area contributed by atoms with Crippen LogP contribution in [0.3, 0.4) is 0 Å². The van der Waals surface area contributed by atoms with Crippen molar-refractivity contribution in [2.75, 3.05) is 19.6 Å². The van der Waals surface area contributed by atoms with Crippen LogP contribution >= 0.6 is 11.6 Å². The molecule has 1 atom stereocenters. The second kappa shape index (κ2) is 6.27. The molecule has 17 heavy (non-hydrogen) atoms. The zero-order chi connectivity index (χ0) is 12.8. The van der Waals surface area contributed by atoms with E-state index >= 15 is 0 Å². The number of hydrogen-bond acceptors (Lipinski definition) is 5. The molecule has 0 spiro atoms. The van der Waals surface area contributed by atoms with Gasteiger partial charge < -0.3 is 14.6 Å². The molecule has 1 unspecified atom stereocenters. The molecule has 0 heterocycles. The summed E-state index contributed by atoms with van der Waals surface area (Å²) in [7, 11) is 1.35. The highest BCUT2D eigenvalue weighted by Gasteiger charge is 2.16. The van der Waals surface area contributed by atoms with E-state index in [0.717, 1.165) is 0 Å². The SMILES string of the molecule is COc1ccc(OCC(O)CCl)cc1[N+](=O)[O-]. The lowest BCUT2D eigenvalue weighted by molar-refractivity contribution is -0.385. The average molecular weight is 262 g/mol. The maximum atomic E-state index is 10.7. The first-order chi connectivity index (χ1) is 8.08. The maximum Gasteiger partial charge on any atom is 0.314 e. The normalized spacial score (nSPS) is 11.9. The van der Waals surface area contributed by atoms with E-state index in [2.05, 4.69) is 0 Å². The third-order valence-electron chi connectivity index (χ3n) is 1.97. The molecular weight excluding hydrogens is 250 g/mol. The van der Waals surface area contributed by atoms with Gasteiger partial charge in [-0.2, -0.15) is 0 Å². The predicted octanol–water partition coefficient (Wildman–Crippen LogP) is 1.58. The van der Waals surface area contributed by atoms with E-state index in [1.807, 2.05) is 0 Å². The Morgan fingerprint density at radius 1 is 1.59 bits per heavy atom. The lowest BCUT2D eigenvalue weighted by atomic mass is 10.3. The lowest BCUT2D eigenvalue weighted by Crippen LogP contribution is -2.18. The molecule has 0 saturated carbocycles. The van der Waals surface area contributed by atoms with Crippen molar-refractivity contribution in [2.45, 2.75) is 6.10 Å². The van der Waals surface area contributed by atoms with E-state index in [1.165, 1.54) is 25.3 Å². The van der Waals surface area contributed by atoms with E-state index in [1.54, 1.807) is 0 Å². The summed E-state index contributed by atoms with van der Waals surface area (Å²) >= 11 is 5.39. The van der Waals surface area contributed by atoms with E-state index < -0.39 is 11.0 Å². The number of nitro benzene ring substituents is 1. The van der Waals surface area contributed by atoms with Crippen LogP contribution in [0.5, 0.6) is 11.5 Å². The van der Waals surface area contributed by atoms with E-state index in [4.69, 9.17) is 21.1 Å². The van der Waals surface area contributed by atoms with Gasteiger partial charge in [0.25, 0.3) is 0 Å². The highest BCUT2D eigenvalue weighted by molar-refractivity contribution is 6.18. The lowest BCUT2D eigenvalue weighted by Gasteiger charge is -2.10. The van der Waals surface area contributed by atoms with E-state index in [-0.39, 0.29) is 29.7 Å². The van der Waals surface area contributed by atoms with Crippen LogP contribution in [0.4, 0.5) is 5.69 Å². The summed E-state index contributed by atoms with van der Waals surface area (Å²) in [6, 6.07) is 4.19. The first-order valence-corrected chi connectivity index (χ1v) is 5.31. The molecule has 0 saturated heterocycles. The molecule has 0 fully saturated rings. The van der Waals surface area contributed by atoms with Gasteiger partial charge in [0, 0.05) is 0 Å². The molecule has 0 aliphatic rings. The highest BCUT2D eigenvalue weighted by Crippen LogP contribution is 2.30. The summed E-state index contributed by atoms with van der Waals surface area (Å²) in [5.41, 5.74) is -0.189. The Kier molecular flexibility index (Phi) is 4.99. The summed E-state index contributed by atoms with van der Waals surface area (Å²) in [5.74, 6) is 0.472. The fourth-order valence-electron chi connectivity index (χ4n) is 1.14. The minimum Gasteiger partial charge on any atom is -0.491 e. The van der Waals surface area contributed by atoms with Gasteiger partial charge in [0.15, 0.2) is 5.75 Å². The van der Waals surface area contributed by atoms with Gasteiger partial charge in [-0.1, -0.05) is 0 Å². The van der Waals surface area contributed by atoms with Gasteiger partial charge >= 0.3 is 5.69 Å². The maximum absolute atomic E-state index is 10.7. The summed E-state index contributed by atoms with van der Waals surface area (Å²) < 4.78 is 10.00. The van der Waals surface area contributed by atoms with Crippen LogP contribution in [0.1, 0.15) is 0 Å². The largest absolute Gasteiger partial charge is 0.491 e. The Morgan fingerprint density at radius 2 is 2.29 bits per heavy atom. The smallest absolute Gasteiger partial charge is 0.314 e. The first-order valence-electron chi connectivity index (χ1n) is 4.77. The van der Waals surface area contributed by atoms with Crippen molar-refractivity contribution in [2.24, 2.45) is 0 Å². The third kappa shape index (κ3) is 3.76. The number of nitro groups is 1. The summed E-state index contributed by atoms with van der Waals surface area (Å²) in [6.07, 6.45) is -0.808. The van der Waals surface area contributed by atoms with E-state index in [9.17, 15) is 15.2 Å². The number of aliphatic hydroxyl groups excluding tert-OH is 1. The Hall–Kier alpha value is -1.53. The van der Waals surface area contributed by atoms with Crippen molar-refractivity contribution in [3.8, 4) is 11.5 Å². The monoisotopic (exact) mass is 261 g/mol. The van der Waals surface area contributed by atoms with Crippen LogP contribution in [0.25, 0.3) is 0 Å². The second-order valence-corrected chi connectivity index (χ2v) is 3.52. The van der Waals surface area contributed by atoms with Crippen LogP contribution in [0, 0.1) is 10.1 Å². The summed E-state index contributed by atoms with van der Waals surface area (Å²) in [4.78, 5) is 10.2. The summed E-state index contributed by atoms with van der Waals surface area (Å²) in [6.45, 7) is -0.0209. The molecule has 0 bridgehead atoms. The molecule has 0 aliphatic heterocycles. The molecule has 0 radical (unpaired) electrons. The first kappa shape index (κ1) is 13.5. The Balaban J connectivity index is 2.81. The van der Waals surface area contributed by atoms with Crippen molar-refractivity contribution in [3.05, 3.63) is 28.3 Å². The number of alkyl halides is 1. The van der Waals surface area contributed by atoms with Gasteiger partial charge in [-0.05, 0) is 12.1 Å². The Bertz CT molecular complexity index is 398. The second-order valence-electron chi connectivity index (χ2n) is 3.21. The molecule has 0 aliphatic carbocycles. The van der Waals surface area contributed by atoms with Gasteiger partial charge in [0.05, 0.1) is 24.0 Å². The average Bonchev–Trinajstić information content (AvgIpc) is 2.35.